The average Bonchev–Trinajstić information content (AvgIpc) is 2.94. The molecule has 25 heavy (non-hydrogen) atoms. The van der Waals surface area contributed by atoms with Gasteiger partial charge in [-0.2, -0.15) is 8.42 Å². The monoisotopic (exact) mass is 363 g/mol. The molecule has 2 aliphatic rings. The fourth-order valence-electron chi connectivity index (χ4n) is 3.35. The predicted molar refractivity (Wildman–Crippen MR) is 90.0 cm³/mol. The molecule has 1 N–H and O–H groups in total. The van der Waals surface area contributed by atoms with Gasteiger partial charge in [0.1, 0.15) is 28.3 Å². The lowest BCUT2D eigenvalue weighted by Gasteiger charge is -2.24. The predicted octanol–water partition coefficient (Wildman–Crippen LogP) is 2.74. The zero-order chi connectivity index (χ0) is 17.6. The maximum Gasteiger partial charge on any atom is 0.339 e. The molecule has 0 aliphatic carbocycles. The first-order chi connectivity index (χ1) is 11.9. The molecule has 0 aromatic heterocycles. The minimum Gasteiger partial charge on any atom is -0.488 e. The lowest BCUT2D eigenvalue weighted by Crippen LogP contribution is -2.39. The molecule has 2 heterocycles. The Bertz CT molecular complexity index is 929. The van der Waals surface area contributed by atoms with Crippen molar-refractivity contribution in [3.05, 3.63) is 53.3 Å². The molecule has 2 aliphatic heterocycles. The van der Waals surface area contributed by atoms with E-state index in [1.54, 1.807) is 19.1 Å². The maximum atomic E-state index is 13.7. The third-order valence-electron chi connectivity index (χ3n) is 4.73. The van der Waals surface area contributed by atoms with Gasteiger partial charge in [0.15, 0.2) is 0 Å². The molecule has 0 amide bonds. The number of piperidine rings is 1. The summed E-state index contributed by atoms with van der Waals surface area (Å²) in [6, 6.07) is 8.78. The van der Waals surface area contributed by atoms with Gasteiger partial charge in [-0.15, -0.1) is 0 Å². The standard InChI is InChI=1S/C18H18FNO4S/c1-11-2-4-13(9-16(11)19)25(21,22)24-12-3-5-14-15-6-7-20-10-18(15)23-17(14)8-12/h2-5,8-9,15,18,20H,6-7,10H2,1H3. The largest absolute Gasteiger partial charge is 0.488 e. The number of hydrogen-bond acceptors (Lipinski definition) is 5. The lowest BCUT2D eigenvalue weighted by molar-refractivity contribution is 0.176. The van der Waals surface area contributed by atoms with Gasteiger partial charge in [0.25, 0.3) is 0 Å². The molecule has 1 fully saturated rings. The van der Waals surface area contributed by atoms with Gasteiger partial charge in [0.2, 0.25) is 0 Å². The van der Waals surface area contributed by atoms with Gasteiger partial charge >= 0.3 is 10.1 Å². The fraction of sp³-hybridized carbons (Fsp3) is 0.333. The number of ether oxygens (including phenoxy) is 1. The van der Waals surface area contributed by atoms with Crippen molar-refractivity contribution in [3.63, 3.8) is 0 Å². The molecule has 0 spiro atoms. The van der Waals surface area contributed by atoms with Crippen molar-refractivity contribution in [2.24, 2.45) is 0 Å². The van der Waals surface area contributed by atoms with Crippen LogP contribution in [0.5, 0.6) is 11.5 Å². The van der Waals surface area contributed by atoms with E-state index in [9.17, 15) is 12.8 Å². The molecule has 2 atom stereocenters. The van der Waals surface area contributed by atoms with Crippen LogP contribution in [-0.4, -0.2) is 27.6 Å². The van der Waals surface area contributed by atoms with Crippen LogP contribution in [0.1, 0.15) is 23.5 Å². The lowest BCUT2D eigenvalue weighted by atomic mass is 9.90. The van der Waals surface area contributed by atoms with Gasteiger partial charge in [0.05, 0.1) is 0 Å². The quantitative estimate of drug-likeness (QED) is 0.850. The van der Waals surface area contributed by atoms with Gasteiger partial charge < -0.3 is 14.2 Å². The normalized spacial score (nSPS) is 22.0. The first kappa shape index (κ1) is 16.4. The molecule has 2 unspecified atom stereocenters. The third kappa shape index (κ3) is 2.98. The highest BCUT2D eigenvalue weighted by Crippen LogP contribution is 2.43. The zero-order valence-corrected chi connectivity index (χ0v) is 14.5. The van der Waals surface area contributed by atoms with Crippen LogP contribution in [0.4, 0.5) is 4.39 Å². The van der Waals surface area contributed by atoms with E-state index in [0.717, 1.165) is 31.1 Å². The minimum absolute atomic E-state index is 0.0711. The molecule has 2 aromatic rings. The van der Waals surface area contributed by atoms with Crippen molar-refractivity contribution >= 4 is 10.1 Å². The fourth-order valence-corrected chi connectivity index (χ4v) is 4.29. The van der Waals surface area contributed by atoms with Crippen LogP contribution in [0.3, 0.4) is 0 Å². The van der Waals surface area contributed by atoms with E-state index in [1.807, 2.05) is 6.07 Å². The molecule has 132 valence electrons. The molecular weight excluding hydrogens is 345 g/mol. The number of rotatable bonds is 3. The highest BCUT2D eigenvalue weighted by Gasteiger charge is 2.36. The van der Waals surface area contributed by atoms with Gasteiger partial charge in [-0.25, -0.2) is 4.39 Å². The summed E-state index contributed by atoms with van der Waals surface area (Å²) >= 11 is 0. The zero-order valence-electron chi connectivity index (χ0n) is 13.7. The van der Waals surface area contributed by atoms with Crippen molar-refractivity contribution in [2.75, 3.05) is 13.1 Å². The number of nitrogens with one attached hydrogen (secondary N) is 1. The Morgan fingerprint density at radius 1 is 1.24 bits per heavy atom. The molecule has 7 heteroatoms. The molecular formula is C18H18FNO4S. The van der Waals surface area contributed by atoms with E-state index in [-0.39, 0.29) is 16.7 Å². The molecule has 2 aromatic carbocycles. The Balaban J connectivity index is 1.60. The minimum atomic E-state index is -4.10. The number of halogens is 1. The summed E-state index contributed by atoms with van der Waals surface area (Å²) < 4.78 is 49.5. The van der Waals surface area contributed by atoms with E-state index >= 15 is 0 Å². The summed E-state index contributed by atoms with van der Waals surface area (Å²) in [5.41, 5.74) is 1.46. The van der Waals surface area contributed by atoms with Crippen molar-refractivity contribution < 1.29 is 21.7 Å². The highest BCUT2D eigenvalue weighted by atomic mass is 32.2. The van der Waals surface area contributed by atoms with Crippen molar-refractivity contribution in [1.82, 2.24) is 5.32 Å². The van der Waals surface area contributed by atoms with Crippen LogP contribution < -0.4 is 14.2 Å². The molecule has 5 nitrogen and oxygen atoms in total. The molecule has 0 bridgehead atoms. The maximum absolute atomic E-state index is 13.7. The Hall–Kier alpha value is -2.12. The number of fused-ring (bicyclic) bond motifs is 3. The molecule has 1 saturated heterocycles. The van der Waals surface area contributed by atoms with Gasteiger partial charge in [-0.05, 0) is 43.7 Å². The van der Waals surface area contributed by atoms with Crippen LogP contribution in [0, 0.1) is 12.7 Å². The van der Waals surface area contributed by atoms with E-state index in [0.29, 0.717) is 17.2 Å². The summed E-state index contributed by atoms with van der Waals surface area (Å²) in [6.07, 6.45) is 1.06. The van der Waals surface area contributed by atoms with Crippen LogP contribution in [0.2, 0.25) is 0 Å². The summed E-state index contributed by atoms with van der Waals surface area (Å²) in [5, 5.41) is 3.29. The third-order valence-corrected chi connectivity index (χ3v) is 5.97. The summed E-state index contributed by atoms with van der Waals surface area (Å²) in [7, 11) is -4.10. The smallest absolute Gasteiger partial charge is 0.339 e. The summed E-state index contributed by atoms with van der Waals surface area (Å²) in [5.74, 6) is 0.555. The average molecular weight is 363 g/mol. The van der Waals surface area contributed by atoms with E-state index in [2.05, 4.69) is 5.32 Å². The second-order valence-corrected chi connectivity index (χ2v) is 7.95. The van der Waals surface area contributed by atoms with E-state index in [4.69, 9.17) is 8.92 Å². The first-order valence-electron chi connectivity index (χ1n) is 8.16. The second-order valence-electron chi connectivity index (χ2n) is 6.40. The van der Waals surface area contributed by atoms with Crippen molar-refractivity contribution in [3.8, 4) is 11.5 Å². The van der Waals surface area contributed by atoms with Crippen LogP contribution in [0.25, 0.3) is 0 Å². The molecule has 0 radical (unpaired) electrons. The highest BCUT2D eigenvalue weighted by molar-refractivity contribution is 7.87. The Morgan fingerprint density at radius 3 is 2.88 bits per heavy atom. The summed E-state index contributed by atoms with van der Waals surface area (Å²) in [4.78, 5) is -0.213. The first-order valence-corrected chi connectivity index (χ1v) is 9.57. The number of aryl methyl sites for hydroxylation is 1. The van der Waals surface area contributed by atoms with Crippen LogP contribution in [0.15, 0.2) is 41.3 Å². The Morgan fingerprint density at radius 2 is 2.08 bits per heavy atom. The number of hydrogen-bond donors (Lipinski definition) is 1. The van der Waals surface area contributed by atoms with Crippen LogP contribution in [-0.2, 0) is 10.1 Å². The van der Waals surface area contributed by atoms with Gasteiger partial charge in [-0.3, -0.25) is 0 Å². The topological polar surface area (TPSA) is 64.6 Å². The number of benzene rings is 2. The SMILES string of the molecule is Cc1ccc(S(=O)(=O)Oc2ccc3c(c2)OC2CNCCC32)cc1F. The molecule has 0 saturated carbocycles. The Labute approximate surface area is 145 Å². The summed E-state index contributed by atoms with van der Waals surface area (Å²) in [6.45, 7) is 3.28. The van der Waals surface area contributed by atoms with Crippen molar-refractivity contribution in [2.45, 2.75) is 30.3 Å². The van der Waals surface area contributed by atoms with Crippen LogP contribution >= 0.6 is 0 Å². The van der Waals surface area contributed by atoms with Gasteiger partial charge in [0, 0.05) is 24.1 Å². The van der Waals surface area contributed by atoms with E-state index in [1.165, 1.54) is 12.1 Å². The Kier molecular flexibility index (Phi) is 3.92. The van der Waals surface area contributed by atoms with Gasteiger partial charge in [-0.1, -0.05) is 12.1 Å². The molecule has 4 rings (SSSR count). The van der Waals surface area contributed by atoms with Crippen molar-refractivity contribution in [1.29, 1.82) is 0 Å². The second kappa shape index (κ2) is 6.00. The van der Waals surface area contributed by atoms with E-state index < -0.39 is 15.9 Å².